The monoisotopic (exact) mass is 193 g/mol. The number of hydrogen-bond acceptors (Lipinski definition) is 3. The zero-order chi connectivity index (χ0) is 9.97. The molecule has 1 saturated carbocycles. The smallest absolute Gasteiger partial charge is 0.240 e. The minimum Gasteiger partial charge on any atom is -0.352 e. The van der Waals surface area contributed by atoms with Gasteiger partial charge in [-0.2, -0.15) is 0 Å². The molecule has 0 bridgehead atoms. The number of imidazole rings is 1. The van der Waals surface area contributed by atoms with Crippen molar-refractivity contribution in [2.24, 2.45) is 0 Å². The van der Waals surface area contributed by atoms with Crippen LogP contribution in [0.1, 0.15) is 23.5 Å². The Bertz CT molecular complexity index is 355. The first kappa shape index (κ1) is 8.93. The summed E-state index contributed by atoms with van der Waals surface area (Å²) in [6.45, 7) is 0.171. The van der Waals surface area contributed by atoms with E-state index in [1.807, 2.05) is 0 Å². The second-order valence-electron chi connectivity index (χ2n) is 3.37. The van der Waals surface area contributed by atoms with Gasteiger partial charge < -0.3 is 9.88 Å². The van der Waals surface area contributed by atoms with E-state index in [0.717, 1.165) is 12.8 Å². The Morgan fingerprint density at radius 1 is 1.71 bits per heavy atom. The van der Waals surface area contributed by atoms with Crippen molar-refractivity contribution in [3.05, 3.63) is 18.2 Å². The number of carbonyl (C=O) groups excluding carboxylic acids is 2. The normalized spacial score (nSPS) is 15.1. The van der Waals surface area contributed by atoms with Crippen LogP contribution in [0.5, 0.6) is 0 Å². The van der Waals surface area contributed by atoms with Gasteiger partial charge in [0.15, 0.2) is 12.1 Å². The van der Waals surface area contributed by atoms with E-state index in [0.29, 0.717) is 12.3 Å². The maximum atomic E-state index is 11.4. The molecule has 2 rings (SSSR count). The SMILES string of the molecule is O=Cc1nccn1CC(=O)NC1CC1. The van der Waals surface area contributed by atoms with Crippen LogP contribution in [0.15, 0.2) is 12.4 Å². The Morgan fingerprint density at radius 3 is 3.14 bits per heavy atom. The second kappa shape index (κ2) is 3.61. The summed E-state index contributed by atoms with van der Waals surface area (Å²) in [5.41, 5.74) is 0. The van der Waals surface area contributed by atoms with E-state index in [9.17, 15) is 9.59 Å². The quantitative estimate of drug-likeness (QED) is 0.683. The molecular formula is C9H11N3O2. The lowest BCUT2D eigenvalue weighted by atomic mass is 10.5. The highest BCUT2D eigenvalue weighted by Gasteiger charge is 2.23. The molecule has 0 saturated heterocycles. The highest BCUT2D eigenvalue weighted by Crippen LogP contribution is 2.18. The minimum atomic E-state index is -0.0615. The summed E-state index contributed by atoms with van der Waals surface area (Å²) in [4.78, 5) is 25.6. The second-order valence-corrected chi connectivity index (χ2v) is 3.37. The van der Waals surface area contributed by atoms with E-state index in [4.69, 9.17) is 0 Å². The van der Waals surface area contributed by atoms with E-state index in [2.05, 4.69) is 10.3 Å². The fourth-order valence-corrected chi connectivity index (χ4v) is 1.23. The number of aldehydes is 1. The number of nitrogens with one attached hydrogen (secondary N) is 1. The molecule has 74 valence electrons. The van der Waals surface area contributed by atoms with Gasteiger partial charge in [0, 0.05) is 18.4 Å². The van der Waals surface area contributed by atoms with Crippen molar-refractivity contribution >= 4 is 12.2 Å². The highest BCUT2D eigenvalue weighted by atomic mass is 16.2. The molecule has 0 atom stereocenters. The van der Waals surface area contributed by atoms with Gasteiger partial charge in [-0.1, -0.05) is 0 Å². The van der Waals surface area contributed by atoms with Crippen LogP contribution < -0.4 is 5.32 Å². The number of hydrogen-bond donors (Lipinski definition) is 1. The van der Waals surface area contributed by atoms with E-state index in [1.165, 1.54) is 10.8 Å². The largest absolute Gasteiger partial charge is 0.352 e. The molecule has 0 unspecified atom stereocenters. The molecule has 1 aliphatic rings. The molecule has 1 heterocycles. The number of amides is 1. The summed E-state index contributed by atoms with van der Waals surface area (Å²) in [6, 6.07) is 0.353. The number of aromatic nitrogens is 2. The van der Waals surface area contributed by atoms with Crippen LogP contribution in [-0.2, 0) is 11.3 Å². The predicted molar refractivity (Wildman–Crippen MR) is 48.8 cm³/mol. The van der Waals surface area contributed by atoms with Crippen LogP contribution in [0.3, 0.4) is 0 Å². The van der Waals surface area contributed by atoms with Crippen molar-refractivity contribution in [2.45, 2.75) is 25.4 Å². The van der Waals surface area contributed by atoms with Crippen molar-refractivity contribution in [1.82, 2.24) is 14.9 Å². The number of rotatable bonds is 4. The number of carbonyl (C=O) groups is 2. The Labute approximate surface area is 81.1 Å². The van der Waals surface area contributed by atoms with Crippen molar-refractivity contribution < 1.29 is 9.59 Å². The van der Waals surface area contributed by atoms with Crippen LogP contribution in [0.2, 0.25) is 0 Å². The molecule has 1 fully saturated rings. The van der Waals surface area contributed by atoms with Crippen LogP contribution in [-0.4, -0.2) is 27.8 Å². The molecular weight excluding hydrogens is 182 g/mol. The topological polar surface area (TPSA) is 64.0 Å². The van der Waals surface area contributed by atoms with Crippen LogP contribution in [0.25, 0.3) is 0 Å². The molecule has 1 aliphatic carbocycles. The molecule has 1 aromatic heterocycles. The summed E-state index contributed by atoms with van der Waals surface area (Å²) in [5, 5.41) is 2.84. The summed E-state index contributed by atoms with van der Waals surface area (Å²) in [5.74, 6) is 0.226. The Morgan fingerprint density at radius 2 is 2.50 bits per heavy atom. The van der Waals surface area contributed by atoms with Gasteiger partial charge in [0.2, 0.25) is 5.91 Å². The maximum absolute atomic E-state index is 11.4. The summed E-state index contributed by atoms with van der Waals surface area (Å²) in [7, 11) is 0. The van der Waals surface area contributed by atoms with E-state index in [1.54, 1.807) is 6.20 Å². The molecule has 0 spiro atoms. The van der Waals surface area contributed by atoms with Gasteiger partial charge >= 0.3 is 0 Å². The fourth-order valence-electron chi connectivity index (χ4n) is 1.23. The van der Waals surface area contributed by atoms with Crippen LogP contribution in [0.4, 0.5) is 0 Å². The van der Waals surface area contributed by atoms with Crippen molar-refractivity contribution in [3.8, 4) is 0 Å². The maximum Gasteiger partial charge on any atom is 0.240 e. The van der Waals surface area contributed by atoms with E-state index in [-0.39, 0.29) is 18.3 Å². The first-order valence-electron chi connectivity index (χ1n) is 4.55. The molecule has 5 heteroatoms. The molecule has 0 aromatic carbocycles. The first-order valence-corrected chi connectivity index (χ1v) is 4.55. The summed E-state index contributed by atoms with van der Waals surface area (Å²) in [6.07, 6.45) is 5.90. The van der Waals surface area contributed by atoms with Gasteiger partial charge in [-0.3, -0.25) is 9.59 Å². The van der Waals surface area contributed by atoms with Crippen LogP contribution in [0, 0.1) is 0 Å². The van der Waals surface area contributed by atoms with E-state index >= 15 is 0 Å². The van der Waals surface area contributed by atoms with Gasteiger partial charge in [0.25, 0.3) is 0 Å². The third kappa shape index (κ3) is 1.99. The minimum absolute atomic E-state index is 0.0615. The van der Waals surface area contributed by atoms with Crippen LogP contribution >= 0.6 is 0 Å². The Balaban J connectivity index is 1.94. The zero-order valence-corrected chi connectivity index (χ0v) is 7.64. The Hall–Kier alpha value is -1.65. The molecule has 0 radical (unpaired) electrons. The van der Waals surface area contributed by atoms with E-state index < -0.39 is 0 Å². The average Bonchev–Trinajstić information content (AvgIpc) is 2.84. The summed E-state index contributed by atoms with van der Waals surface area (Å²) >= 11 is 0. The van der Waals surface area contributed by atoms with Crippen molar-refractivity contribution in [2.75, 3.05) is 0 Å². The first-order chi connectivity index (χ1) is 6.79. The highest BCUT2D eigenvalue weighted by molar-refractivity contribution is 5.78. The van der Waals surface area contributed by atoms with Crippen molar-refractivity contribution in [3.63, 3.8) is 0 Å². The third-order valence-corrected chi connectivity index (χ3v) is 2.11. The molecule has 14 heavy (non-hydrogen) atoms. The zero-order valence-electron chi connectivity index (χ0n) is 7.64. The lowest BCUT2D eigenvalue weighted by molar-refractivity contribution is -0.121. The average molecular weight is 193 g/mol. The molecule has 5 nitrogen and oxygen atoms in total. The molecule has 1 aromatic rings. The number of nitrogens with zero attached hydrogens (tertiary/aromatic N) is 2. The third-order valence-electron chi connectivity index (χ3n) is 2.11. The lowest BCUT2D eigenvalue weighted by Gasteiger charge is -2.04. The van der Waals surface area contributed by atoms with Gasteiger partial charge in [-0.05, 0) is 12.8 Å². The standard InChI is InChI=1S/C9H11N3O2/c13-6-8-10-3-4-12(8)5-9(14)11-7-1-2-7/h3-4,6-7H,1-2,5H2,(H,11,14). The van der Waals surface area contributed by atoms with Gasteiger partial charge in [0.05, 0.1) is 0 Å². The fraction of sp³-hybridized carbons (Fsp3) is 0.444. The van der Waals surface area contributed by atoms with Gasteiger partial charge in [-0.25, -0.2) is 4.98 Å². The lowest BCUT2D eigenvalue weighted by Crippen LogP contribution is -2.29. The predicted octanol–water partition coefficient (Wildman–Crippen LogP) is -0.0258. The molecule has 0 aliphatic heterocycles. The van der Waals surface area contributed by atoms with Gasteiger partial charge in [0.1, 0.15) is 6.54 Å². The molecule has 1 N–H and O–H groups in total. The molecule has 1 amide bonds. The summed E-state index contributed by atoms with van der Waals surface area (Å²) < 4.78 is 1.53. The Kier molecular flexibility index (Phi) is 2.30. The van der Waals surface area contributed by atoms with Gasteiger partial charge in [-0.15, -0.1) is 0 Å². The van der Waals surface area contributed by atoms with Crippen molar-refractivity contribution in [1.29, 1.82) is 0 Å².